The number of ether oxygens (including phenoxy) is 1. The van der Waals surface area contributed by atoms with Crippen LogP contribution >= 0.6 is 0 Å². The Labute approximate surface area is 95.7 Å². The topological polar surface area (TPSA) is 22.1 Å². The molecule has 2 nitrogen and oxygen atoms in total. The van der Waals surface area contributed by atoms with Gasteiger partial charge in [0.15, 0.2) is 0 Å². The first-order chi connectivity index (χ1) is 8.07. The van der Waals surface area contributed by atoms with Crippen LogP contribution in [0.1, 0.15) is 5.56 Å². The van der Waals surface area contributed by atoms with Crippen LogP contribution in [0.15, 0.2) is 42.6 Å². The molecule has 0 aliphatic rings. The van der Waals surface area contributed by atoms with Gasteiger partial charge in [-0.15, -0.1) is 0 Å². The molecule has 1 aromatic carbocycles. The van der Waals surface area contributed by atoms with E-state index in [1.807, 2.05) is 0 Å². The van der Waals surface area contributed by atoms with Crippen molar-refractivity contribution in [1.82, 2.24) is 4.98 Å². The summed E-state index contributed by atoms with van der Waals surface area (Å²) in [5.74, 6) is -0.167. The maximum atomic E-state index is 12.6. The molecule has 2 aromatic rings. The molecular weight excluding hydrogens is 231 g/mol. The second kappa shape index (κ2) is 4.45. The summed E-state index contributed by atoms with van der Waals surface area (Å²) in [5, 5.41) is 0. The molecule has 87 valence electrons. The minimum Gasteiger partial charge on any atom is -0.438 e. The van der Waals surface area contributed by atoms with Crippen LogP contribution in [0.2, 0.25) is 0 Å². The standard InChI is InChI=1S/C12H7F3NO/c13-12(14,15)9-5-1-2-6-10(9)17-11-7-3-4-8-16-11/h1-3,5-8H. The first kappa shape index (κ1) is 11.4. The fourth-order valence-corrected chi connectivity index (χ4v) is 1.27. The lowest BCUT2D eigenvalue weighted by Gasteiger charge is -2.12. The number of hydrogen-bond acceptors (Lipinski definition) is 2. The zero-order valence-corrected chi connectivity index (χ0v) is 8.53. The highest BCUT2D eigenvalue weighted by molar-refractivity contribution is 5.37. The zero-order chi connectivity index (χ0) is 12.3. The van der Waals surface area contributed by atoms with Crippen molar-refractivity contribution < 1.29 is 17.9 Å². The van der Waals surface area contributed by atoms with Crippen LogP contribution < -0.4 is 4.74 Å². The van der Waals surface area contributed by atoms with E-state index in [-0.39, 0.29) is 11.6 Å². The second-order valence-electron chi connectivity index (χ2n) is 3.19. The number of pyridine rings is 1. The highest BCUT2D eigenvalue weighted by atomic mass is 19.4. The van der Waals surface area contributed by atoms with E-state index in [0.717, 1.165) is 6.07 Å². The maximum Gasteiger partial charge on any atom is 0.419 e. The fourth-order valence-electron chi connectivity index (χ4n) is 1.27. The number of aromatic nitrogens is 1. The molecule has 1 aromatic heterocycles. The monoisotopic (exact) mass is 238 g/mol. The van der Waals surface area contributed by atoms with Crippen molar-refractivity contribution in [2.24, 2.45) is 0 Å². The Morgan fingerprint density at radius 3 is 2.53 bits per heavy atom. The average molecular weight is 238 g/mol. The quantitative estimate of drug-likeness (QED) is 0.795. The van der Waals surface area contributed by atoms with Crippen molar-refractivity contribution in [3.8, 4) is 11.6 Å². The Bertz CT molecular complexity index is 497. The molecule has 0 aliphatic carbocycles. The molecule has 0 bridgehead atoms. The van der Waals surface area contributed by atoms with E-state index in [1.165, 1.54) is 36.5 Å². The molecular formula is C12H7F3NO. The highest BCUT2D eigenvalue weighted by Crippen LogP contribution is 2.37. The third kappa shape index (κ3) is 2.75. The van der Waals surface area contributed by atoms with Gasteiger partial charge in [0.05, 0.1) is 5.56 Å². The first-order valence-electron chi connectivity index (χ1n) is 4.73. The Morgan fingerprint density at radius 2 is 1.88 bits per heavy atom. The lowest BCUT2D eigenvalue weighted by molar-refractivity contribution is -0.138. The molecule has 0 N–H and O–H groups in total. The van der Waals surface area contributed by atoms with Crippen molar-refractivity contribution in [1.29, 1.82) is 0 Å². The van der Waals surface area contributed by atoms with Gasteiger partial charge in [-0.25, -0.2) is 4.98 Å². The van der Waals surface area contributed by atoms with Crippen molar-refractivity contribution in [2.45, 2.75) is 6.18 Å². The summed E-state index contributed by atoms with van der Waals surface area (Å²) in [7, 11) is 0. The summed E-state index contributed by atoms with van der Waals surface area (Å²) in [6, 6.07) is 10.6. The van der Waals surface area contributed by atoms with E-state index < -0.39 is 11.7 Å². The molecule has 5 heteroatoms. The summed E-state index contributed by atoms with van der Waals surface area (Å²) in [6.45, 7) is 0. The van der Waals surface area contributed by atoms with Gasteiger partial charge in [-0.3, -0.25) is 0 Å². The summed E-state index contributed by atoms with van der Waals surface area (Å²) < 4.78 is 43.0. The van der Waals surface area contributed by atoms with Crippen LogP contribution in [-0.2, 0) is 6.18 Å². The Hall–Kier alpha value is -2.04. The Kier molecular flexibility index (Phi) is 2.99. The van der Waals surface area contributed by atoms with E-state index in [4.69, 9.17) is 4.74 Å². The van der Waals surface area contributed by atoms with Crippen LogP contribution in [0.5, 0.6) is 11.6 Å². The highest BCUT2D eigenvalue weighted by Gasteiger charge is 2.34. The van der Waals surface area contributed by atoms with Gasteiger partial charge in [0, 0.05) is 18.3 Å². The number of hydrogen-bond donors (Lipinski definition) is 0. The average Bonchev–Trinajstić information content (AvgIpc) is 2.30. The SMILES string of the molecule is FC(F)(F)c1ccccc1Oc1cc[c]cn1. The van der Waals surface area contributed by atoms with Gasteiger partial charge in [0.2, 0.25) is 5.88 Å². The Morgan fingerprint density at radius 1 is 1.12 bits per heavy atom. The maximum absolute atomic E-state index is 12.6. The van der Waals surface area contributed by atoms with E-state index in [9.17, 15) is 13.2 Å². The van der Waals surface area contributed by atoms with Crippen LogP contribution in [0.25, 0.3) is 0 Å². The van der Waals surface area contributed by atoms with Crippen molar-refractivity contribution >= 4 is 0 Å². The van der Waals surface area contributed by atoms with E-state index in [2.05, 4.69) is 11.1 Å². The Balaban J connectivity index is 2.34. The van der Waals surface area contributed by atoms with Crippen LogP contribution in [0.3, 0.4) is 0 Å². The zero-order valence-electron chi connectivity index (χ0n) is 8.53. The summed E-state index contributed by atoms with van der Waals surface area (Å²) in [4.78, 5) is 3.75. The predicted molar refractivity (Wildman–Crippen MR) is 54.6 cm³/mol. The van der Waals surface area contributed by atoms with Crippen LogP contribution in [-0.4, -0.2) is 4.98 Å². The lowest BCUT2D eigenvalue weighted by Crippen LogP contribution is -2.06. The number of halogens is 3. The molecule has 1 radical (unpaired) electrons. The third-order valence-corrected chi connectivity index (χ3v) is 2.00. The van der Waals surface area contributed by atoms with Crippen LogP contribution in [0, 0.1) is 6.07 Å². The van der Waals surface area contributed by atoms with Gasteiger partial charge in [-0.2, -0.15) is 13.2 Å². The molecule has 0 fully saturated rings. The molecule has 0 unspecified atom stereocenters. The van der Waals surface area contributed by atoms with Gasteiger partial charge in [0.1, 0.15) is 5.75 Å². The van der Waals surface area contributed by atoms with E-state index in [0.29, 0.717) is 0 Å². The molecule has 0 saturated carbocycles. The van der Waals surface area contributed by atoms with Gasteiger partial charge >= 0.3 is 6.18 Å². The summed E-state index contributed by atoms with van der Waals surface area (Å²) in [5.41, 5.74) is -0.824. The minimum atomic E-state index is -4.45. The van der Waals surface area contributed by atoms with Gasteiger partial charge in [0.25, 0.3) is 0 Å². The largest absolute Gasteiger partial charge is 0.438 e. The second-order valence-corrected chi connectivity index (χ2v) is 3.19. The number of benzene rings is 1. The predicted octanol–water partition coefficient (Wildman–Crippen LogP) is 3.69. The first-order valence-corrected chi connectivity index (χ1v) is 4.73. The number of nitrogens with zero attached hydrogens (tertiary/aromatic N) is 1. The van der Waals surface area contributed by atoms with Gasteiger partial charge in [-0.1, -0.05) is 12.1 Å². The molecule has 0 aliphatic heterocycles. The molecule has 0 spiro atoms. The molecule has 0 saturated heterocycles. The molecule has 17 heavy (non-hydrogen) atoms. The van der Waals surface area contributed by atoms with Gasteiger partial charge in [-0.05, 0) is 18.2 Å². The number of rotatable bonds is 2. The molecule has 2 rings (SSSR count). The van der Waals surface area contributed by atoms with Crippen molar-refractivity contribution in [3.63, 3.8) is 0 Å². The summed E-state index contributed by atoms with van der Waals surface area (Å²) in [6.07, 6.45) is -3.12. The minimum absolute atomic E-state index is 0.0976. The molecule has 1 heterocycles. The lowest BCUT2D eigenvalue weighted by atomic mass is 10.2. The molecule has 0 atom stereocenters. The number of para-hydroxylation sites is 1. The van der Waals surface area contributed by atoms with Crippen LogP contribution in [0.4, 0.5) is 13.2 Å². The summed E-state index contributed by atoms with van der Waals surface area (Å²) >= 11 is 0. The van der Waals surface area contributed by atoms with E-state index >= 15 is 0 Å². The smallest absolute Gasteiger partial charge is 0.419 e. The fraction of sp³-hybridized carbons (Fsp3) is 0.0833. The van der Waals surface area contributed by atoms with Crippen molar-refractivity contribution in [2.75, 3.05) is 0 Å². The van der Waals surface area contributed by atoms with E-state index in [1.54, 1.807) is 0 Å². The normalized spacial score (nSPS) is 11.2. The number of alkyl halides is 3. The van der Waals surface area contributed by atoms with Crippen molar-refractivity contribution in [3.05, 3.63) is 54.2 Å². The molecule has 0 amide bonds. The van der Waals surface area contributed by atoms with Gasteiger partial charge < -0.3 is 4.74 Å². The third-order valence-electron chi connectivity index (χ3n) is 2.00.